The summed E-state index contributed by atoms with van der Waals surface area (Å²) in [4.78, 5) is 2.36. The molecule has 2 heteroatoms. The van der Waals surface area contributed by atoms with E-state index in [0.717, 1.165) is 17.1 Å². The standard InChI is InChI=1S/C64H43NS/c1-2-9-44(10-3-1)46-17-19-47(20-18-46)49-27-34-58(35-28-49)65(60-38-31-52(32-39-60)57-33-40-62-61-15-6-7-16-63(61)66-64(62)43-57)59-36-29-50(30-37-59)48-21-23-51(24-22-48)54-13-8-14-55(41-54)56-26-25-45-11-4-5-12-53(45)42-56/h1-43H. The number of hydrogen-bond donors (Lipinski definition) is 0. The first-order valence-corrected chi connectivity index (χ1v) is 23.4. The van der Waals surface area contributed by atoms with Gasteiger partial charge in [0.2, 0.25) is 0 Å². The number of thiophene rings is 1. The Bertz CT molecular complexity index is 3640. The average Bonchev–Trinajstić information content (AvgIpc) is 3.78. The van der Waals surface area contributed by atoms with Crippen molar-refractivity contribution in [2.24, 2.45) is 0 Å². The lowest BCUT2D eigenvalue weighted by Crippen LogP contribution is -2.09. The van der Waals surface area contributed by atoms with Crippen molar-refractivity contribution in [1.29, 1.82) is 0 Å². The fourth-order valence-corrected chi connectivity index (χ4v) is 10.5. The van der Waals surface area contributed by atoms with E-state index in [0.29, 0.717) is 0 Å². The third-order valence-electron chi connectivity index (χ3n) is 12.9. The Balaban J connectivity index is 0.840. The first kappa shape index (κ1) is 39.3. The minimum Gasteiger partial charge on any atom is -0.311 e. The highest BCUT2D eigenvalue weighted by Crippen LogP contribution is 2.40. The van der Waals surface area contributed by atoms with Crippen LogP contribution in [0.2, 0.25) is 0 Å². The van der Waals surface area contributed by atoms with Crippen LogP contribution < -0.4 is 4.90 Å². The summed E-state index contributed by atoms with van der Waals surface area (Å²) in [6.07, 6.45) is 0. The Hall–Kier alpha value is -8.30. The Morgan fingerprint density at radius 1 is 0.212 bits per heavy atom. The summed E-state index contributed by atoms with van der Waals surface area (Å²) in [7, 11) is 0. The normalized spacial score (nSPS) is 11.3. The molecule has 1 aromatic heterocycles. The number of hydrogen-bond acceptors (Lipinski definition) is 2. The van der Waals surface area contributed by atoms with Gasteiger partial charge in [0.05, 0.1) is 0 Å². The van der Waals surface area contributed by atoms with Gasteiger partial charge in [0.15, 0.2) is 0 Å². The first-order chi connectivity index (χ1) is 32.7. The lowest BCUT2D eigenvalue weighted by atomic mass is 9.96. The molecule has 11 aromatic carbocycles. The zero-order chi connectivity index (χ0) is 43.8. The van der Waals surface area contributed by atoms with Crippen LogP contribution in [-0.2, 0) is 0 Å². The quantitative estimate of drug-likeness (QED) is 0.140. The van der Waals surface area contributed by atoms with E-state index in [1.807, 2.05) is 11.3 Å². The summed E-state index contributed by atoms with van der Waals surface area (Å²) < 4.78 is 2.64. The molecule has 0 bridgehead atoms. The van der Waals surface area contributed by atoms with Crippen LogP contribution in [0, 0.1) is 0 Å². The number of rotatable bonds is 9. The minimum absolute atomic E-state index is 1.10. The molecule has 0 radical (unpaired) electrons. The van der Waals surface area contributed by atoms with Gasteiger partial charge in [-0.15, -0.1) is 11.3 Å². The van der Waals surface area contributed by atoms with Crippen molar-refractivity contribution in [3.8, 4) is 66.8 Å². The van der Waals surface area contributed by atoms with E-state index < -0.39 is 0 Å². The van der Waals surface area contributed by atoms with E-state index in [4.69, 9.17) is 0 Å². The van der Waals surface area contributed by atoms with Crippen LogP contribution in [0.5, 0.6) is 0 Å². The van der Waals surface area contributed by atoms with E-state index in [9.17, 15) is 0 Å². The molecule has 0 atom stereocenters. The molecule has 0 saturated carbocycles. The maximum Gasteiger partial charge on any atom is 0.0462 e. The molecule has 0 aliphatic carbocycles. The zero-order valence-electron chi connectivity index (χ0n) is 36.2. The Morgan fingerprint density at radius 3 is 1.15 bits per heavy atom. The van der Waals surface area contributed by atoms with Crippen LogP contribution in [0.1, 0.15) is 0 Å². The molecule has 0 aliphatic heterocycles. The van der Waals surface area contributed by atoms with Crippen molar-refractivity contribution in [2.75, 3.05) is 4.90 Å². The van der Waals surface area contributed by atoms with Crippen molar-refractivity contribution in [3.05, 3.63) is 261 Å². The van der Waals surface area contributed by atoms with Crippen LogP contribution >= 0.6 is 11.3 Å². The molecule has 0 saturated heterocycles. The number of benzene rings is 11. The molecule has 12 aromatic rings. The largest absolute Gasteiger partial charge is 0.311 e. The summed E-state index contributed by atoms with van der Waals surface area (Å²) in [5.41, 5.74) is 17.8. The Morgan fingerprint density at radius 2 is 0.576 bits per heavy atom. The summed E-state index contributed by atoms with van der Waals surface area (Å²) in [5.74, 6) is 0. The van der Waals surface area contributed by atoms with Crippen molar-refractivity contribution < 1.29 is 0 Å². The summed E-state index contributed by atoms with van der Waals surface area (Å²) in [6.45, 7) is 0. The maximum atomic E-state index is 2.36. The highest BCUT2D eigenvalue weighted by atomic mass is 32.1. The molecule has 1 heterocycles. The predicted octanol–water partition coefficient (Wildman–Crippen LogP) is 18.7. The summed E-state index contributed by atoms with van der Waals surface area (Å²) in [6, 6.07) is 95.0. The molecular formula is C64H43NS. The van der Waals surface area contributed by atoms with Crippen LogP contribution in [-0.4, -0.2) is 0 Å². The molecular weight excluding hydrogens is 815 g/mol. The van der Waals surface area contributed by atoms with Gasteiger partial charge in [-0.25, -0.2) is 0 Å². The predicted molar refractivity (Wildman–Crippen MR) is 284 cm³/mol. The van der Waals surface area contributed by atoms with Gasteiger partial charge in [0.25, 0.3) is 0 Å². The molecule has 310 valence electrons. The van der Waals surface area contributed by atoms with Gasteiger partial charge < -0.3 is 4.90 Å². The molecule has 0 N–H and O–H groups in total. The molecule has 66 heavy (non-hydrogen) atoms. The molecule has 1 nitrogen and oxygen atoms in total. The SMILES string of the molecule is c1ccc(-c2ccc(-c3ccc(N(c4ccc(-c5ccc(-c6cccc(-c7ccc8ccccc8c7)c6)cc5)cc4)c4ccc(-c5ccc6c(c5)sc5ccccc56)cc4)cc3)cc2)cc1. The van der Waals surface area contributed by atoms with E-state index >= 15 is 0 Å². The molecule has 0 unspecified atom stereocenters. The average molecular weight is 858 g/mol. The molecule has 0 amide bonds. The minimum atomic E-state index is 1.10. The topological polar surface area (TPSA) is 3.24 Å². The highest BCUT2D eigenvalue weighted by Gasteiger charge is 2.15. The summed E-state index contributed by atoms with van der Waals surface area (Å²) in [5, 5.41) is 5.16. The second kappa shape index (κ2) is 17.0. The Labute approximate surface area is 389 Å². The third kappa shape index (κ3) is 7.64. The number of nitrogens with zero attached hydrogens (tertiary/aromatic N) is 1. The van der Waals surface area contributed by atoms with Gasteiger partial charge in [0, 0.05) is 37.2 Å². The fourth-order valence-electron chi connectivity index (χ4n) is 9.35. The van der Waals surface area contributed by atoms with Crippen LogP contribution in [0.25, 0.3) is 97.7 Å². The van der Waals surface area contributed by atoms with E-state index in [1.54, 1.807) is 0 Å². The van der Waals surface area contributed by atoms with Crippen LogP contribution in [0.4, 0.5) is 17.1 Å². The van der Waals surface area contributed by atoms with Gasteiger partial charge in [-0.3, -0.25) is 0 Å². The lowest BCUT2D eigenvalue weighted by molar-refractivity contribution is 1.28. The molecule has 0 spiro atoms. The third-order valence-corrected chi connectivity index (χ3v) is 14.0. The second-order valence-corrected chi connectivity index (χ2v) is 18.0. The van der Waals surface area contributed by atoms with Crippen molar-refractivity contribution >= 4 is 59.3 Å². The number of anilines is 3. The highest BCUT2D eigenvalue weighted by molar-refractivity contribution is 7.25. The van der Waals surface area contributed by atoms with E-state index in [2.05, 4.69) is 266 Å². The van der Waals surface area contributed by atoms with Crippen LogP contribution in [0.15, 0.2) is 261 Å². The Kier molecular flexibility index (Phi) is 10.1. The van der Waals surface area contributed by atoms with Gasteiger partial charge in [0.1, 0.15) is 0 Å². The van der Waals surface area contributed by atoms with Crippen LogP contribution in [0.3, 0.4) is 0 Å². The van der Waals surface area contributed by atoms with E-state index in [-0.39, 0.29) is 0 Å². The van der Waals surface area contributed by atoms with Crippen molar-refractivity contribution in [1.82, 2.24) is 0 Å². The monoisotopic (exact) mass is 857 g/mol. The summed E-state index contributed by atoms with van der Waals surface area (Å²) >= 11 is 1.86. The number of fused-ring (bicyclic) bond motifs is 4. The molecule has 0 fully saturated rings. The smallest absolute Gasteiger partial charge is 0.0462 e. The molecule has 0 aliphatic rings. The van der Waals surface area contributed by atoms with Crippen molar-refractivity contribution in [3.63, 3.8) is 0 Å². The fraction of sp³-hybridized carbons (Fsp3) is 0. The van der Waals surface area contributed by atoms with Gasteiger partial charge >= 0.3 is 0 Å². The second-order valence-electron chi connectivity index (χ2n) is 16.9. The molecule has 12 rings (SSSR count). The van der Waals surface area contributed by atoms with Gasteiger partial charge in [-0.05, 0) is 138 Å². The maximum absolute atomic E-state index is 2.36. The van der Waals surface area contributed by atoms with Crippen molar-refractivity contribution in [2.45, 2.75) is 0 Å². The zero-order valence-corrected chi connectivity index (χ0v) is 37.0. The lowest BCUT2D eigenvalue weighted by Gasteiger charge is -2.26. The van der Waals surface area contributed by atoms with E-state index in [1.165, 1.54) is 97.7 Å². The first-order valence-electron chi connectivity index (χ1n) is 22.5. The van der Waals surface area contributed by atoms with Gasteiger partial charge in [-0.2, -0.15) is 0 Å². The van der Waals surface area contributed by atoms with Gasteiger partial charge in [-0.1, -0.05) is 200 Å².